The topological polar surface area (TPSA) is 37.3 Å². The number of alkyl halides is 3. The van der Waals surface area contributed by atoms with Gasteiger partial charge >= 0.3 is 12.1 Å². The van der Waals surface area contributed by atoms with E-state index in [1.54, 1.807) is 0 Å². The molecule has 0 bridgehead atoms. The molecule has 1 saturated carbocycles. The first-order valence-electron chi connectivity index (χ1n) is 7.26. The van der Waals surface area contributed by atoms with Crippen molar-refractivity contribution >= 4 is 5.97 Å². The molecule has 0 aromatic carbocycles. The third-order valence-electron chi connectivity index (χ3n) is 4.74. The molecule has 20 heavy (non-hydrogen) atoms. The molecular weight excluding hydrogens is 269 g/mol. The van der Waals surface area contributed by atoms with Crippen LogP contribution in [0.4, 0.5) is 13.2 Å². The fraction of sp³-hybridized carbons (Fsp3) is 0.933. The first-order chi connectivity index (χ1) is 8.96. The van der Waals surface area contributed by atoms with Crippen LogP contribution in [0.25, 0.3) is 0 Å². The molecule has 0 heterocycles. The van der Waals surface area contributed by atoms with Crippen molar-refractivity contribution in [2.45, 2.75) is 71.9 Å². The Hall–Kier alpha value is -0.740. The second-order valence-electron chi connectivity index (χ2n) is 7.19. The summed E-state index contributed by atoms with van der Waals surface area (Å²) in [5.74, 6) is -0.468. The average molecular weight is 294 g/mol. The maximum Gasteiger partial charge on any atom is 0.389 e. The summed E-state index contributed by atoms with van der Waals surface area (Å²) in [7, 11) is 0. The van der Waals surface area contributed by atoms with Gasteiger partial charge in [-0.05, 0) is 49.9 Å². The zero-order valence-electron chi connectivity index (χ0n) is 12.5. The Bertz CT molecular complexity index is 328. The minimum Gasteiger partial charge on any atom is -0.481 e. The molecule has 0 amide bonds. The van der Waals surface area contributed by atoms with Crippen molar-refractivity contribution in [3.05, 3.63) is 0 Å². The van der Waals surface area contributed by atoms with Crippen molar-refractivity contribution in [1.82, 2.24) is 0 Å². The van der Waals surface area contributed by atoms with Crippen molar-refractivity contribution in [2.75, 3.05) is 0 Å². The Morgan fingerprint density at radius 2 is 1.70 bits per heavy atom. The minimum absolute atomic E-state index is 0.0873. The van der Waals surface area contributed by atoms with Crippen LogP contribution in [0, 0.1) is 16.7 Å². The van der Waals surface area contributed by atoms with E-state index in [2.05, 4.69) is 20.8 Å². The number of hydrogen-bond donors (Lipinski definition) is 1. The number of rotatable bonds is 4. The molecular formula is C15H25F3O2. The summed E-state index contributed by atoms with van der Waals surface area (Å²) in [5, 5.41) is 9.43. The average Bonchev–Trinajstić information content (AvgIpc) is 2.26. The molecule has 0 saturated heterocycles. The van der Waals surface area contributed by atoms with Gasteiger partial charge in [0.25, 0.3) is 0 Å². The summed E-state index contributed by atoms with van der Waals surface area (Å²) in [4.78, 5) is 11.5. The third kappa shape index (κ3) is 4.67. The second-order valence-corrected chi connectivity index (χ2v) is 7.19. The van der Waals surface area contributed by atoms with Crippen molar-refractivity contribution in [3.63, 3.8) is 0 Å². The molecule has 118 valence electrons. The van der Waals surface area contributed by atoms with Crippen LogP contribution in [0.15, 0.2) is 0 Å². The number of carbonyl (C=O) groups is 1. The predicted molar refractivity (Wildman–Crippen MR) is 71.4 cm³/mol. The molecule has 0 spiro atoms. The van der Waals surface area contributed by atoms with Crippen LogP contribution in [0.2, 0.25) is 0 Å². The van der Waals surface area contributed by atoms with Crippen molar-refractivity contribution < 1.29 is 23.1 Å². The molecule has 0 unspecified atom stereocenters. The zero-order chi connectivity index (χ0) is 15.6. The van der Waals surface area contributed by atoms with Gasteiger partial charge in [-0.25, -0.2) is 0 Å². The van der Waals surface area contributed by atoms with Crippen molar-refractivity contribution in [3.8, 4) is 0 Å². The van der Waals surface area contributed by atoms with Gasteiger partial charge < -0.3 is 5.11 Å². The Morgan fingerprint density at radius 1 is 1.20 bits per heavy atom. The molecule has 0 aliphatic heterocycles. The lowest BCUT2D eigenvalue weighted by Gasteiger charge is -2.42. The van der Waals surface area contributed by atoms with Gasteiger partial charge in [-0.1, -0.05) is 20.8 Å². The highest BCUT2D eigenvalue weighted by Crippen LogP contribution is 2.48. The van der Waals surface area contributed by atoms with E-state index in [4.69, 9.17) is 0 Å². The lowest BCUT2D eigenvalue weighted by molar-refractivity contribution is -0.156. The van der Waals surface area contributed by atoms with E-state index in [-0.39, 0.29) is 18.3 Å². The first-order valence-corrected chi connectivity index (χ1v) is 7.26. The van der Waals surface area contributed by atoms with Crippen LogP contribution >= 0.6 is 0 Å². The van der Waals surface area contributed by atoms with Gasteiger partial charge in [0.1, 0.15) is 0 Å². The molecule has 1 aliphatic carbocycles. The lowest BCUT2D eigenvalue weighted by Crippen LogP contribution is -2.38. The summed E-state index contributed by atoms with van der Waals surface area (Å²) in [6.07, 6.45) is -2.43. The largest absolute Gasteiger partial charge is 0.481 e. The van der Waals surface area contributed by atoms with Crippen LogP contribution in [0.5, 0.6) is 0 Å². The highest BCUT2D eigenvalue weighted by molar-refractivity contribution is 5.74. The molecule has 1 fully saturated rings. The molecule has 2 nitrogen and oxygen atoms in total. The van der Waals surface area contributed by atoms with Crippen LogP contribution in [-0.2, 0) is 4.79 Å². The minimum atomic E-state index is -4.19. The number of halogens is 3. The fourth-order valence-corrected chi connectivity index (χ4v) is 3.23. The summed E-state index contributed by atoms with van der Waals surface area (Å²) in [5.41, 5.74) is -0.802. The summed E-state index contributed by atoms with van der Waals surface area (Å²) < 4.78 is 36.6. The summed E-state index contributed by atoms with van der Waals surface area (Å²) in [6.45, 7) is 6.40. The van der Waals surface area contributed by atoms with E-state index in [1.165, 1.54) is 0 Å². The van der Waals surface area contributed by atoms with Crippen molar-refractivity contribution in [1.29, 1.82) is 0 Å². The zero-order valence-corrected chi connectivity index (χ0v) is 12.5. The van der Waals surface area contributed by atoms with Crippen LogP contribution in [0.1, 0.15) is 65.7 Å². The van der Waals surface area contributed by atoms with Gasteiger partial charge in [-0.15, -0.1) is 0 Å². The van der Waals surface area contributed by atoms with Crippen LogP contribution < -0.4 is 0 Å². The monoisotopic (exact) mass is 294 g/mol. The van der Waals surface area contributed by atoms with Crippen LogP contribution in [0.3, 0.4) is 0 Å². The Labute approximate surface area is 118 Å². The Morgan fingerprint density at radius 3 is 2.05 bits per heavy atom. The number of hydrogen-bond acceptors (Lipinski definition) is 1. The molecule has 0 aromatic heterocycles. The molecule has 5 heteroatoms. The quantitative estimate of drug-likeness (QED) is 0.790. The van der Waals surface area contributed by atoms with E-state index >= 15 is 0 Å². The SMILES string of the molecule is CC(C)(C)C1CCC(CCCC(F)(F)F)(C(=O)O)CC1. The molecule has 1 rings (SSSR count). The maximum atomic E-state index is 12.2. The van der Waals surface area contributed by atoms with E-state index in [0.717, 1.165) is 12.8 Å². The lowest BCUT2D eigenvalue weighted by atomic mass is 9.62. The predicted octanol–water partition coefficient (Wildman–Crippen LogP) is 5.03. The van der Waals surface area contributed by atoms with E-state index in [0.29, 0.717) is 18.8 Å². The number of carboxylic acid groups (broad SMARTS) is 1. The highest BCUT2D eigenvalue weighted by atomic mass is 19.4. The van der Waals surface area contributed by atoms with E-state index in [9.17, 15) is 23.1 Å². The van der Waals surface area contributed by atoms with Crippen molar-refractivity contribution in [2.24, 2.45) is 16.7 Å². The standard InChI is InChI=1S/C15H25F3O2/c1-13(2,3)11-5-9-14(10-6-11,12(19)20)7-4-8-15(16,17)18/h11H,4-10H2,1-3H3,(H,19,20). The Kier molecular flexibility index (Phi) is 5.14. The third-order valence-corrected chi connectivity index (χ3v) is 4.74. The summed E-state index contributed by atoms with van der Waals surface area (Å²) >= 11 is 0. The van der Waals surface area contributed by atoms with Crippen LogP contribution in [-0.4, -0.2) is 17.3 Å². The number of carboxylic acids is 1. The molecule has 0 aromatic rings. The van der Waals surface area contributed by atoms with Gasteiger partial charge in [0.2, 0.25) is 0 Å². The summed E-state index contributed by atoms with van der Waals surface area (Å²) in [6, 6.07) is 0. The first kappa shape index (κ1) is 17.3. The van der Waals surface area contributed by atoms with E-state index < -0.39 is 24.0 Å². The van der Waals surface area contributed by atoms with Gasteiger partial charge in [-0.2, -0.15) is 13.2 Å². The molecule has 0 atom stereocenters. The molecule has 1 N–H and O–H groups in total. The van der Waals surface area contributed by atoms with Gasteiger partial charge in [0.15, 0.2) is 0 Å². The second kappa shape index (κ2) is 5.94. The molecule has 1 aliphatic rings. The smallest absolute Gasteiger partial charge is 0.389 e. The van der Waals surface area contributed by atoms with Gasteiger partial charge in [0.05, 0.1) is 5.41 Å². The van der Waals surface area contributed by atoms with Gasteiger partial charge in [-0.3, -0.25) is 4.79 Å². The maximum absolute atomic E-state index is 12.2. The Balaban J connectivity index is 2.61. The van der Waals surface area contributed by atoms with E-state index in [1.807, 2.05) is 0 Å². The fourth-order valence-electron chi connectivity index (χ4n) is 3.23. The number of aliphatic carboxylic acids is 1. The van der Waals surface area contributed by atoms with Gasteiger partial charge in [0, 0.05) is 6.42 Å². The highest BCUT2D eigenvalue weighted by Gasteiger charge is 2.44. The normalized spacial score (nSPS) is 28.4. The molecule has 0 radical (unpaired) electrons.